The molecule has 0 bridgehead atoms. The molecule has 1 rings (SSSR count). The lowest BCUT2D eigenvalue weighted by Crippen LogP contribution is -2.05. The predicted molar refractivity (Wildman–Crippen MR) is 62.8 cm³/mol. The highest BCUT2D eigenvalue weighted by Crippen LogP contribution is 2.23. The van der Waals surface area contributed by atoms with Gasteiger partial charge in [-0.25, -0.2) is 12.8 Å². The molecular formula is C10H13FO3S2. The molecule has 0 heterocycles. The first-order valence-corrected chi connectivity index (χ1v) is 7.67. The Bertz CT molecular complexity index is 457. The van der Waals surface area contributed by atoms with Gasteiger partial charge >= 0.3 is 0 Å². The van der Waals surface area contributed by atoms with Crippen LogP contribution in [0.25, 0.3) is 0 Å². The van der Waals surface area contributed by atoms with Gasteiger partial charge in [-0.1, -0.05) is 0 Å². The average Bonchev–Trinajstić information content (AvgIpc) is 2.18. The highest BCUT2D eigenvalue weighted by molar-refractivity contribution is 8.00. The van der Waals surface area contributed by atoms with Crippen molar-refractivity contribution in [3.63, 3.8) is 0 Å². The Labute approximate surface area is 98.6 Å². The van der Waals surface area contributed by atoms with Crippen molar-refractivity contribution in [1.82, 2.24) is 0 Å². The lowest BCUT2D eigenvalue weighted by atomic mass is 10.2. The van der Waals surface area contributed by atoms with Crippen molar-refractivity contribution >= 4 is 21.6 Å². The zero-order valence-electron chi connectivity index (χ0n) is 8.81. The van der Waals surface area contributed by atoms with Crippen LogP contribution in [0.2, 0.25) is 0 Å². The summed E-state index contributed by atoms with van der Waals surface area (Å²) in [5.41, 5.74) is 0.485. The molecular weight excluding hydrogens is 251 g/mol. The van der Waals surface area contributed by atoms with Gasteiger partial charge in [-0.15, -0.1) is 11.8 Å². The normalized spacial score (nSPS) is 11.7. The van der Waals surface area contributed by atoms with Crippen molar-refractivity contribution < 1.29 is 17.9 Å². The predicted octanol–water partition coefficient (Wildman–Crippen LogP) is 1.45. The first-order chi connectivity index (χ1) is 7.42. The Morgan fingerprint density at radius 1 is 1.44 bits per heavy atom. The summed E-state index contributed by atoms with van der Waals surface area (Å²) in [6.45, 7) is -0.251. The van der Waals surface area contributed by atoms with E-state index in [4.69, 9.17) is 5.11 Å². The van der Waals surface area contributed by atoms with Crippen molar-refractivity contribution in [2.75, 3.05) is 17.8 Å². The smallest absolute Gasteiger partial charge is 0.148 e. The van der Waals surface area contributed by atoms with E-state index in [0.717, 1.165) is 0 Å². The van der Waals surface area contributed by atoms with E-state index in [0.29, 0.717) is 16.2 Å². The van der Waals surface area contributed by atoms with Crippen LogP contribution in [0, 0.1) is 5.82 Å². The minimum absolute atomic E-state index is 0.0694. The lowest BCUT2D eigenvalue weighted by molar-refractivity contribution is 0.278. The molecule has 0 aliphatic heterocycles. The molecule has 3 nitrogen and oxygen atoms in total. The van der Waals surface area contributed by atoms with Crippen molar-refractivity contribution in [1.29, 1.82) is 0 Å². The number of rotatable bonds is 5. The molecule has 0 radical (unpaired) electrons. The van der Waals surface area contributed by atoms with E-state index in [1.54, 1.807) is 6.07 Å². The molecule has 0 aliphatic rings. The largest absolute Gasteiger partial charge is 0.392 e. The van der Waals surface area contributed by atoms with Crippen molar-refractivity contribution in [2.24, 2.45) is 0 Å². The molecule has 0 saturated heterocycles. The SMILES string of the molecule is CS(=O)(=O)CCSc1ccc(F)cc1CO. The van der Waals surface area contributed by atoms with Gasteiger partial charge in [0.05, 0.1) is 12.4 Å². The van der Waals surface area contributed by atoms with Crippen LogP contribution in [-0.2, 0) is 16.4 Å². The molecule has 90 valence electrons. The second-order valence-corrected chi connectivity index (χ2v) is 6.78. The number of hydrogen-bond donors (Lipinski definition) is 1. The highest BCUT2D eigenvalue weighted by atomic mass is 32.2. The van der Waals surface area contributed by atoms with E-state index < -0.39 is 15.7 Å². The zero-order valence-corrected chi connectivity index (χ0v) is 10.4. The minimum atomic E-state index is -2.98. The van der Waals surface area contributed by atoms with Gasteiger partial charge in [0.15, 0.2) is 0 Å². The second-order valence-electron chi connectivity index (χ2n) is 3.39. The van der Waals surface area contributed by atoms with Crippen molar-refractivity contribution in [3.05, 3.63) is 29.6 Å². The molecule has 0 aromatic heterocycles. The standard InChI is InChI=1S/C10H13FO3S2/c1-16(13,14)5-4-15-10-3-2-9(11)6-8(10)7-12/h2-3,6,12H,4-5,7H2,1H3. The van der Waals surface area contributed by atoms with Crippen LogP contribution < -0.4 is 0 Å². The van der Waals surface area contributed by atoms with Gasteiger partial charge < -0.3 is 5.11 Å². The maximum absolute atomic E-state index is 12.8. The van der Waals surface area contributed by atoms with Gasteiger partial charge in [-0.05, 0) is 23.8 Å². The second kappa shape index (κ2) is 5.65. The van der Waals surface area contributed by atoms with Gasteiger partial charge in [-0.2, -0.15) is 0 Å². The number of aliphatic hydroxyl groups is 1. The third kappa shape index (κ3) is 4.51. The Morgan fingerprint density at radius 3 is 2.69 bits per heavy atom. The molecule has 0 amide bonds. The van der Waals surface area contributed by atoms with E-state index in [9.17, 15) is 12.8 Å². The van der Waals surface area contributed by atoms with E-state index >= 15 is 0 Å². The minimum Gasteiger partial charge on any atom is -0.392 e. The topological polar surface area (TPSA) is 54.4 Å². The fourth-order valence-electron chi connectivity index (χ4n) is 1.12. The number of benzene rings is 1. The summed E-state index contributed by atoms with van der Waals surface area (Å²) in [7, 11) is -2.98. The van der Waals surface area contributed by atoms with Gasteiger partial charge in [0.2, 0.25) is 0 Å². The fourth-order valence-corrected chi connectivity index (χ4v) is 3.35. The molecule has 0 saturated carbocycles. The van der Waals surface area contributed by atoms with Crippen LogP contribution >= 0.6 is 11.8 Å². The summed E-state index contributed by atoms with van der Waals surface area (Å²) in [6.07, 6.45) is 1.17. The number of sulfone groups is 1. The Balaban J connectivity index is 2.67. The van der Waals surface area contributed by atoms with E-state index in [1.807, 2.05) is 0 Å². The maximum Gasteiger partial charge on any atom is 0.148 e. The summed E-state index contributed by atoms with van der Waals surface area (Å²) in [5, 5.41) is 9.00. The molecule has 0 atom stereocenters. The van der Waals surface area contributed by atoms with Crippen LogP contribution in [0.1, 0.15) is 5.56 Å². The van der Waals surface area contributed by atoms with Crippen LogP contribution in [0.4, 0.5) is 4.39 Å². The summed E-state index contributed by atoms with van der Waals surface area (Å²) in [5.74, 6) is 0.0636. The Kier molecular flexibility index (Phi) is 4.76. The maximum atomic E-state index is 12.8. The third-order valence-corrected chi connectivity index (χ3v) is 4.23. The molecule has 0 unspecified atom stereocenters. The molecule has 1 aromatic rings. The zero-order chi connectivity index (χ0) is 12.2. The van der Waals surface area contributed by atoms with Gasteiger partial charge in [-0.3, -0.25) is 0 Å². The molecule has 16 heavy (non-hydrogen) atoms. The number of thioether (sulfide) groups is 1. The fraction of sp³-hybridized carbons (Fsp3) is 0.400. The molecule has 6 heteroatoms. The van der Waals surface area contributed by atoms with Crippen LogP contribution in [0.5, 0.6) is 0 Å². The Morgan fingerprint density at radius 2 is 2.12 bits per heavy atom. The summed E-state index contributed by atoms with van der Waals surface area (Å²) in [4.78, 5) is 0.715. The quantitative estimate of drug-likeness (QED) is 0.818. The molecule has 0 spiro atoms. The lowest BCUT2D eigenvalue weighted by Gasteiger charge is -2.06. The summed E-state index contributed by atoms with van der Waals surface area (Å²) < 4.78 is 34.6. The van der Waals surface area contributed by atoms with Gasteiger partial charge in [0, 0.05) is 16.9 Å². The first kappa shape index (κ1) is 13.5. The van der Waals surface area contributed by atoms with E-state index in [1.165, 1.54) is 30.2 Å². The average molecular weight is 264 g/mol. The first-order valence-electron chi connectivity index (χ1n) is 4.62. The number of aliphatic hydroxyl groups excluding tert-OH is 1. The van der Waals surface area contributed by atoms with Crippen molar-refractivity contribution in [3.8, 4) is 0 Å². The number of hydrogen-bond acceptors (Lipinski definition) is 4. The molecule has 0 fully saturated rings. The van der Waals surface area contributed by atoms with E-state index in [-0.39, 0.29) is 12.4 Å². The van der Waals surface area contributed by atoms with Crippen molar-refractivity contribution in [2.45, 2.75) is 11.5 Å². The molecule has 1 aromatic carbocycles. The monoisotopic (exact) mass is 264 g/mol. The highest BCUT2D eigenvalue weighted by Gasteiger charge is 2.06. The van der Waals surface area contributed by atoms with Gasteiger partial charge in [0.25, 0.3) is 0 Å². The third-order valence-electron chi connectivity index (χ3n) is 1.90. The number of halogens is 1. The summed E-state index contributed by atoms with van der Waals surface area (Å²) in [6, 6.07) is 4.10. The van der Waals surface area contributed by atoms with Crippen LogP contribution in [-0.4, -0.2) is 31.3 Å². The van der Waals surface area contributed by atoms with Gasteiger partial charge in [0.1, 0.15) is 15.7 Å². The van der Waals surface area contributed by atoms with Crippen LogP contribution in [0.3, 0.4) is 0 Å². The van der Waals surface area contributed by atoms with E-state index in [2.05, 4.69) is 0 Å². The molecule has 1 N–H and O–H groups in total. The van der Waals surface area contributed by atoms with Crippen LogP contribution in [0.15, 0.2) is 23.1 Å². The Hall–Kier alpha value is -0.590. The molecule has 0 aliphatic carbocycles. The summed E-state index contributed by atoms with van der Waals surface area (Å²) >= 11 is 1.30.